The van der Waals surface area contributed by atoms with E-state index in [1.807, 2.05) is 17.0 Å². The largest absolute Gasteiger partial charge is 0.480 e. The number of carboxylic acid groups (broad SMARTS) is 1. The van der Waals surface area contributed by atoms with E-state index in [2.05, 4.69) is 11.9 Å². The molecule has 18 heavy (non-hydrogen) atoms. The summed E-state index contributed by atoms with van der Waals surface area (Å²) in [5.74, 6) is -0.281. The molecular formula is C14H20N2O2. The molecule has 98 valence electrons. The van der Waals surface area contributed by atoms with Crippen molar-refractivity contribution < 1.29 is 9.90 Å². The predicted octanol–water partition coefficient (Wildman–Crippen LogP) is 2.11. The number of carbonyl (C=O) groups is 1. The van der Waals surface area contributed by atoms with Crippen molar-refractivity contribution in [2.24, 2.45) is 5.92 Å². The summed E-state index contributed by atoms with van der Waals surface area (Å²) in [5.41, 5.74) is -0.401. The van der Waals surface area contributed by atoms with Gasteiger partial charge in [0.2, 0.25) is 0 Å². The lowest BCUT2D eigenvalue weighted by Crippen LogP contribution is -2.53. The molecule has 1 aromatic rings. The summed E-state index contributed by atoms with van der Waals surface area (Å²) in [6, 6.07) is 5.45. The molecule has 0 amide bonds. The Morgan fingerprint density at radius 3 is 2.89 bits per heavy atom. The van der Waals surface area contributed by atoms with Crippen LogP contribution in [-0.2, 0) is 10.3 Å². The summed E-state index contributed by atoms with van der Waals surface area (Å²) in [7, 11) is 0. The van der Waals surface area contributed by atoms with Crippen LogP contribution in [0.4, 0.5) is 0 Å². The third-order valence-corrected chi connectivity index (χ3v) is 3.87. The van der Waals surface area contributed by atoms with E-state index in [0.29, 0.717) is 11.6 Å². The Hall–Kier alpha value is -1.42. The summed E-state index contributed by atoms with van der Waals surface area (Å²) in [6.45, 7) is 5.58. The molecule has 2 atom stereocenters. The van der Waals surface area contributed by atoms with Crippen LogP contribution in [-0.4, -0.2) is 34.0 Å². The van der Waals surface area contributed by atoms with E-state index >= 15 is 0 Å². The zero-order valence-electron chi connectivity index (χ0n) is 11.0. The van der Waals surface area contributed by atoms with Gasteiger partial charge in [-0.2, -0.15) is 0 Å². The number of aromatic nitrogens is 1. The summed E-state index contributed by atoms with van der Waals surface area (Å²) >= 11 is 0. The van der Waals surface area contributed by atoms with E-state index in [1.165, 1.54) is 6.42 Å². The average molecular weight is 248 g/mol. The van der Waals surface area contributed by atoms with Crippen molar-refractivity contribution in [3.8, 4) is 0 Å². The molecule has 1 N–H and O–H groups in total. The highest BCUT2D eigenvalue weighted by Crippen LogP contribution is 2.31. The molecule has 2 unspecified atom stereocenters. The van der Waals surface area contributed by atoms with Crippen LogP contribution in [0.2, 0.25) is 0 Å². The number of hydrogen-bond acceptors (Lipinski definition) is 3. The third-order valence-electron chi connectivity index (χ3n) is 3.87. The molecule has 4 nitrogen and oxygen atoms in total. The summed E-state index contributed by atoms with van der Waals surface area (Å²) in [5, 5.41) is 9.64. The Bertz CT molecular complexity index is 421. The Kier molecular flexibility index (Phi) is 3.66. The van der Waals surface area contributed by atoms with Gasteiger partial charge in [-0.25, -0.2) is 4.79 Å². The van der Waals surface area contributed by atoms with Crippen LogP contribution in [0.3, 0.4) is 0 Å². The van der Waals surface area contributed by atoms with E-state index in [1.54, 1.807) is 19.2 Å². The number of pyridine rings is 1. The van der Waals surface area contributed by atoms with Crippen molar-refractivity contribution in [1.29, 1.82) is 0 Å². The average Bonchev–Trinajstić information content (AvgIpc) is 2.38. The maximum absolute atomic E-state index is 11.7. The fraction of sp³-hybridized carbons (Fsp3) is 0.571. The predicted molar refractivity (Wildman–Crippen MR) is 69.2 cm³/mol. The van der Waals surface area contributed by atoms with Crippen LogP contribution in [0, 0.1) is 5.92 Å². The zero-order chi connectivity index (χ0) is 13.2. The lowest BCUT2D eigenvalue weighted by molar-refractivity contribution is -0.153. The number of nitrogens with zero attached hydrogens (tertiary/aromatic N) is 2. The van der Waals surface area contributed by atoms with Gasteiger partial charge in [-0.3, -0.25) is 9.88 Å². The first-order valence-corrected chi connectivity index (χ1v) is 6.45. The van der Waals surface area contributed by atoms with Crippen LogP contribution in [0.5, 0.6) is 0 Å². The maximum atomic E-state index is 11.7. The van der Waals surface area contributed by atoms with Crippen LogP contribution < -0.4 is 0 Å². The highest BCUT2D eigenvalue weighted by Gasteiger charge is 2.43. The second-order valence-electron chi connectivity index (χ2n) is 5.29. The fourth-order valence-electron chi connectivity index (χ4n) is 2.65. The molecule has 0 aliphatic carbocycles. The Morgan fingerprint density at radius 1 is 1.56 bits per heavy atom. The van der Waals surface area contributed by atoms with Crippen molar-refractivity contribution in [2.45, 2.75) is 32.2 Å². The van der Waals surface area contributed by atoms with Gasteiger partial charge in [-0.1, -0.05) is 13.0 Å². The second-order valence-corrected chi connectivity index (χ2v) is 5.29. The van der Waals surface area contributed by atoms with Crippen LogP contribution >= 0.6 is 0 Å². The molecule has 0 bridgehead atoms. The molecule has 0 radical (unpaired) electrons. The molecule has 1 aliphatic heterocycles. The normalized spacial score (nSPS) is 24.4. The number of carboxylic acids is 1. The minimum atomic E-state index is -1.02. The van der Waals surface area contributed by atoms with Crippen LogP contribution in [0.25, 0.3) is 0 Å². The molecular weight excluding hydrogens is 228 g/mol. The van der Waals surface area contributed by atoms with Gasteiger partial charge in [-0.05, 0) is 44.4 Å². The number of piperidine rings is 1. The topological polar surface area (TPSA) is 53.4 Å². The van der Waals surface area contributed by atoms with Crippen molar-refractivity contribution in [2.75, 3.05) is 13.1 Å². The van der Waals surface area contributed by atoms with Gasteiger partial charge in [-0.15, -0.1) is 0 Å². The van der Waals surface area contributed by atoms with Crippen LogP contribution in [0.1, 0.15) is 32.4 Å². The molecule has 1 aliphatic rings. The van der Waals surface area contributed by atoms with Gasteiger partial charge >= 0.3 is 5.97 Å². The van der Waals surface area contributed by atoms with E-state index < -0.39 is 11.5 Å². The van der Waals surface area contributed by atoms with Gasteiger partial charge < -0.3 is 5.11 Å². The maximum Gasteiger partial charge on any atom is 0.330 e. The first-order chi connectivity index (χ1) is 8.55. The number of hydrogen-bond donors (Lipinski definition) is 1. The fourth-order valence-corrected chi connectivity index (χ4v) is 2.65. The SMILES string of the molecule is CC1CCCN(C(C)(C(=O)O)c2ccccn2)C1. The summed E-state index contributed by atoms with van der Waals surface area (Å²) in [4.78, 5) is 18.0. The Labute approximate surface area is 108 Å². The van der Waals surface area contributed by atoms with Crippen molar-refractivity contribution in [3.05, 3.63) is 30.1 Å². The molecule has 0 saturated carbocycles. The molecule has 2 heterocycles. The molecule has 0 aromatic carbocycles. The number of likely N-dealkylation sites (tertiary alicyclic amines) is 1. The third kappa shape index (κ3) is 2.25. The molecule has 0 spiro atoms. The van der Waals surface area contributed by atoms with Crippen molar-refractivity contribution in [1.82, 2.24) is 9.88 Å². The van der Waals surface area contributed by atoms with E-state index in [9.17, 15) is 9.90 Å². The number of aliphatic carboxylic acids is 1. The molecule has 1 aromatic heterocycles. The van der Waals surface area contributed by atoms with Gasteiger partial charge in [0, 0.05) is 12.7 Å². The second kappa shape index (κ2) is 5.06. The first-order valence-electron chi connectivity index (χ1n) is 6.45. The molecule has 4 heteroatoms. The molecule has 2 rings (SSSR count). The van der Waals surface area contributed by atoms with Gasteiger partial charge in [0.15, 0.2) is 5.54 Å². The van der Waals surface area contributed by atoms with Gasteiger partial charge in [0.25, 0.3) is 0 Å². The van der Waals surface area contributed by atoms with E-state index in [0.717, 1.165) is 19.5 Å². The zero-order valence-corrected chi connectivity index (χ0v) is 11.0. The minimum Gasteiger partial charge on any atom is -0.480 e. The number of rotatable bonds is 3. The lowest BCUT2D eigenvalue weighted by Gasteiger charge is -2.41. The standard InChI is InChI=1S/C14H20N2O2/c1-11-6-5-9-16(10-11)14(2,13(17)18)12-7-3-4-8-15-12/h3-4,7-8,11H,5-6,9-10H2,1-2H3,(H,17,18). The smallest absolute Gasteiger partial charge is 0.330 e. The Morgan fingerprint density at radius 2 is 2.33 bits per heavy atom. The summed E-state index contributed by atoms with van der Waals surface area (Å²) in [6.07, 6.45) is 3.88. The molecule has 1 fully saturated rings. The Balaban J connectivity index is 2.35. The first kappa shape index (κ1) is 13.0. The monoisotopic (exact) mass is 248 g/mol. The molecule has 1 saturated heterocycles. The lowest BCUT2D eigenvalue weighted by atomic mass is 9.89. The van der Waals surface area contributed by atoms with E-state index in [4.69, 9.17) is 0 Å². The highest BCUT2D eigenvalue weighted by atomic mass is 16.4. The van der Waals surface area contributed by atoms with Gasteiger partial charge in [0.05, 0.1) is 5.69 Å². The minimum absolute atomic E-state index is 0.543. The van der Waals surface area contributed by atoms with Gasteiger partial charge in [0.1, 0.15) is 0 Å². The van der Waals surface area contributed by atoms with Crippen molar-refractivity contribution in [3.63, 3.8) is 0 Å². The van der Waals surface area contributed by atoms with Crippen LogP contribution in [0.15, 0.2) is 24.4 Å². The van der Waals surface area contributed by atoms with E-state index in [-0.39, 0.29) is 0 Å². The van der Waals surface area contributed by atoms with Crippen molar-refractivity contribution >= 4 is 5.97 Å². The summed E-state index contributed by atoms with van der Waals surface area (Å²) < 4.78 is 0. The highest BCUT2D eigenvalue weighted by molar-refractivity contribution is 5.79. The quantitative estimate of drug-likeness (QED) is 0.890.